The summed E-state index contributed by atoms with van der Waals surface area (Å²) in [7, 11) is 0. The van der Waals surface area contributed by atoms with Gasteiger partial charge in [0.15, 0.2) is 0 Å². The Morgan fingerprint density at radius 3 is 2.27 bits per heavy atom. The lowest BCUT2D eigenvalue weighted by Crippen LogP contribution is -2.23. The van der Waals surface area contributed by atoms with Crippen molar-refractivity contribution < 1.29 is 8.78 Å². The van der Waals surface area contributed by atoms with Gasteiger partial charge >= 0.3 is 0 Å². The largest absolute Gasteiger partial charge is 0.268 e. The maximum absolute atomic E-state index is 13.8. The highest BCUT2D eigenvalue weighted by Crippen LogP contribution is 2.19. The summed E-state index contributed by atoms with van der Waals surface area (Å²) in [5.74, 6) is -0.835. The van der Waals surface area contributed by atoms with E-state index in [0.29, 0.717) is 16.8 Å². The molecule has 0 saturated heterocycles. The van der Waals surface area contributed by atoms with E-state index >= 15 is 0 Å². The van der Waals surface area contributed by atoms with Crippen LogP contribution in [0.2, 0.25) is 0 Å². The van der Waals surface area contributed by atoms with Crippen LogP contribution in [-0.4, -0.2) is 9.78 Å². The number of hydrogen-bond donors (Lipinski definition) is 0. The van der Waals surface area contributed by atoms with E-state index in [-0.39, 0.29) is 12.1 Å². The molecule has 0 spiro atoms. The molecule has 0 aliphatic rings. The first-order chi connectivity index (χ1) is 10.6. The number of aromatic nitrogens is 2. The zero-order chi connectivity index (χ0) is 15.5. The van der Waals surface area contributed by atoms with Gasteiger partial charge in [-0.15, -0.1) is 0 Å². The van der Waals surface area contributed by atoms with Crippen LogP contribution < -0.4 is 5.56 Å². The van der Waals surface area contributed by atoms with Crippen molar-refractivity contribution in [2.45, 2.75) is 6.54 Å². The quantitative estimate of drug-likeness (QED) is 0.744. The van der Waals surface area contributed by atoms with Gasteiger partial charge in [0, 0.05) is 17.2 Å². The topological polar surface area (TPSA) is 34.9 Å². The van der Waals surface area contributed by atoms with Crippen molar-refractivity contribution in [3.05, 3.63) is 88.2 Å². The summed E-state index contributed by atoms with van der Waals surface area (Å²) >= 11 is 0. The van der Waals surface area contributed by atoms with Crippen molar-refractivity contribution >= 4 is 0 Å². The second-order valence-corrected chi connectivity index (χ2v) is 4.79. The molecule has 110 valence electrons. The average molecular weight is 298 g/mol. The molecule has 3 aromatic rings. The molecule has 0 fully saturated rings. The summed E-state index contributed by atoms with van der Waals surface area (Å²) in [5, 5.41) is 4.14. The van der Waals surface area contributed by atoms with Crippen molar-refractivity contribution in [3.63, 3.8) is 0 Å². The summed E-state index contributed by atoms with van der Waals surface area (Å²) in [5.41, 5.74) is 0.602. The van der Waals surface area contributed by atoms with E-state index in [2.05, 4.69) is 5.10 Å². The summed E-state index contributed by atoms with van der Waals surface area (Å²) < 4.78 is 28.6. The van der Waals surface area contributed by atoms with Gasteiger partial charge in [0.2, 0.25) is 0 Å². The number of benzene rings is 2. The molecule has 1 aromatic heterocycles. The van der Waals surface area contributed by atoms with E-state index in [0.717, 1.165) is 4.68 Å². The van der Waals surface area contributed by atoms with Gasteiger partial charge in [0.1, 0.15) is 11.6 Å². The molecule has 0 unspecified atom stereocenters. The van der Waals surface area contributed by atoms with Crippen LogP contribution in [0.4, 0.5) is 8.78 Å². The second-order valence-electron chi connectivity index (χ2n) is 4.79. The minimum Gasteiger partial charge on any atom is -0.268 e. The van der Waals surface area contributed by atoms with E-state index in [1.807, 2.05) is 0 Å². The molecule has 3 nitrogen and oxygen atoms in total. The summed E-state index contributed by atoms with van der Waals surface area (Å²) in [4.78, 5) is 11.9. The maximum atomic E-state index is 13.8. The molecule has 0 atom stereocenters. The summed E-state index contributed by atoms with van der Waals surface area (Å²) in [6.07, 6.45) is 0. The first-order valence-corrected chi connectivity index (χ1v) is 6.71. The zero-order valence-electron chi connectivity index (χ0n) is 11.5. The molecule has 0 aliphatic heterocycles. The average Bonchev–Trinajstić information content (AvgIpc) is 2.52. The van der Waals surface area contributed by atoms with Crippen LogP contribution in [-0.2, 0) is 6.54 Å². The monoisotopic (exact) mass is 298 g/mol. The maximum Gasteiger partial charge on any atom is 0.267 e. The van der Waals surface area contributed by atoms with Gasteiger partial charge in [-0.2, -0.15) is 5.10 Å². The third-order valence-electron chi connectivity index (χ3n) is 3.29. The fourth-order valence-corrected chi connectivity index (χ4v) is 2.16. The van der Waals surface area contributed by atoms with Crippen LogP contribution in [0.3, 0.4) is 0 Å². The summed E-state index contributed by atoms with van der Waals surface area (Å²) in [6.45, 7) is -0.00615. The van der Waals surface area contributed by atoms with Crippen LogP contribution in [0, 0.1) is 11.6 Å². The SMILES string of the molecule is O=c1ccc(-c2ccccc2F)nn1Cc1ccccc1F. The Morgan fingerprint density at radius 1 is 0.864 bits per heavy atom. The van der Waals surface area contributed by atoms with E-state index in [9.17, 15) is 13.6 Å². The number of hydrogen-bond acceptors (Lipinski definition) is 2. The van der Waals surface area contributed by atoms with Crippen LogP contribution in [0.15, 0.2) is 65.5 Å². The molecule has 2 aromatic carbocycles. The third kappa shape index (κ3) is 2.79. The van der Waals surface area contributed by atoms with Crippen LogP contribution in [0.1, 0.15) is 5.56 Å². The third-order valence-corrected chi connectivity index (χ3v) is 3.29. The molecule has 0 N–H and O–H groups in total. The van der Waals surface area contributed by atoms with Gasteiger partial charge in [0.05, 0.1) is 12.2 Å². The van der Waals surface area contributed by atoms with Gasteiger partial charge in [-0.25, -0.2) is 13.5 Å². The lowest BCUT2D eigenvalue weighted by atomic mass is 10.1. The molecule has 0 bridgehead atoms. The van der Waals surface area contributed by atoms with Crippen molar-refractivity contribution in [1.82, 2.24) is 9.78 Å². The first-order valence-electron chi connectivity index (χ1n) is 6.71. The minimum atomic E-state index is -0.425. The Hall–Kier alpha value is -2.82. The number of halogens is 2. The highest BCUT2D eigenvalue weighted by molar-refractivity contribution is 5.58. The molecule has 5 heteroatoms. The van der Waals surface area contributed by atoms with Gasteiger partial charge in [-0.1, -0.05) is 30.3 Å². The highest BCUT2D eigenvalue weighted by Gasteiger charge is 2.09. The van der Waals surface area contributed by atoms with Crippen molar-refractivity contribution in [1.29, 1.82) is 0 Å². The molecule has 0 saturated carbocycles. The van der Waals surface area contributed by atoms with Crippen LogP contribution in [0.25, 0.3) is 11.3 Å². The molecule has 3 rings (SSSR count). The zero-order valence-corrected chi connectivity index (χ0v) is 11.5. The highest BCUT2D eigenvalue weighted by atomic mass is 19.1. The van der Waals surface area contributed by atoms with E-state index in [1.165, 1.54) is 24.3 Å². The minimum absolute atomic E-state index is 0.00615. The van der Waals surface area contributed by atoms with Crippen LogP contribution in [0.5, 0.6) is 0 Å². The van der Waals surface area contributed by atoms with Gasteiger partial charge < -0.3 is 0 Å². The Balaban J connectivity index is 2.03. The van der Waals surface area contributed by atoms with E-state index in [4.69, 9.17) is 0 Å². The molecule has 0 radical (unpaired) electrons. The molecule has 1 heterocycles. The fraction of sp³-hybridized carbons (Fsp3) is 0.0588. The lowest BCUT2D eigenvalue weighted by Gasteiger charge is -2.08. The van der Waals surface area contributed by atoms with E-state index < -0.39 is 11.6 Å². The number of nitrogens with zero attached hydrogens (tertiary/aromatic N) is 2. The first kappa shape index (κ1) is 14.1. The van der Waals surface area contributed by atoms with Crippen molar-refractivity contribution in [2.24, 2.45) is 0 Å². The molecule has 0 aliphatic carbocycles. The van der Waals surface area contributed by atoms with Crippen molar-refractivity contribution in [3.8, 4) is 11.3 Å². The molecular formula is C17H12F2N2O. The Labute approximate surface area is 125 Å². The van der Waals surface area contributed by atoms with Crippen molar-refractivity contribution in [2.75, 3.05) is 0 Å². The fourth-order valence-electron chi connectivity index (χ4n) is 2.16. The molecule has 22 heavy (non-hydrogen) atoms. The second kappa shape index (κ2) is 5.89. The number of rotatable bonds is 3. The summed E-state index contributed by atoms with van der Waals surface area (Å²) in [6, 6.07) is 15.1. The van der Waals surface area contributed by atoms with E-state index in [1.54, 1.807) is 36.4 Å². The Kier molecular flexibility index (Phi) is 3.78. The lowest BCUT2D eigenvalue weighted by molar-refractivity contribution is 0.572. The normalized spacial score (nSPS) is 10.6. The Bertz CT molecular complexity index is 874. The van der Waals surface area contributed by atoms with Gasteiger partial charge in [-0.05, 0) is 24.3 Å². The predicted molar refractivity (Wildman–Crippen MR) is 79.4 cm³/mol. The smallest absolute Gasteiger partial charge is 0.267 e. The standard InChI is InChI=1S/C17H12F2N2O/c18-14-7-3-1-5-12(14)11-21-17(22)10-9-16(20-21)13-6-2-4-8-15(13)19/h1-10H,11H2. The van der Waals surface area contributed by atoms with Gasteiger partial charge in [-0.3, -0.25) is 4.79 Å². The van der Waals surface area contributed by atoms with Crippen LogP contribution >= 0.6 is 0 Å². The molecule has 0 amide bonds. The Morgan fingerprint density at radius 2 is 1.55 bits per heavy atom. The molecular weight excluding hydrogens is 286 g/mol. The predicted octanol–water partition coefficient (Wildman–Crippen LogP) is 3.24. The van der Waals surface area contributed by atoms with Gasteiger partial charge in [0.25, 0.3) is 5.56 Å².